The lowest BCUT2D eigenvalue weighted by Crippen LogP contribution is -2.53. The first kappa shape index (κ1) is 33.2. The molecule has 6 N–H and O–H groups in total. The van der Waals surface area contributed by atoms with Crippen LogP contribution in [-0.4, -0.2) is 36.9 Å². The zero-order valence-corrected chi connectivity index (χ0v) is 23.0. The number of hydrogen-bond acceptors (Lipinski definition) is 3. The zero-order valence-electron chi connectivity index (χ0n) is 23.0. The molecule has 0 saturated carbocycles. The number of guanidine groups is 1. The van der Waals surface area contributed by atoms with Crippen LogP contribution in [0.5, 0.6) is 0 Å². The predicted molar refractivity (Wildman–Crippen MR) is 149 cm³/mol. The van der Waals surface area contributed by atoms with Gasteiger partial charge in [-0.3, -0.25) is 15.0 Å². The van der Waals surface area contributed by atoms with Crippen molar-refractivity contribution < 1.29 is 9.59 Å². The number of hydrogen-bond donors (Lipinski definition) is 5. The van der Waals surface area contributed by atoms with Gasteiger partial charge in [0.25, 0.3) is 0 Å². The Labute approximate surface area is 216 Å². The third-order valence-electron chi connectivity index (χ3n) is 6.49. The highest BCUT2D eigenvalue weighted by molar-refractivity contribution is 5.88. The molecule has 1 unspecified atom stereocenters. The quantitative estimate of drug-likeness (QED) is 0.0614. The van der Waals surface area contributed by atoms with E-state index in [9.17, 15) is 9.59 Å². The van der Waals surface area contributed by atoms with Crippen molar-refractivity contribution in [3.8, 4) is 0 Å². The van der Waals surface area contributed by atoms with Crippen LogP contribution in [0.3, 0.4) is 0 Å². The van der Waals surface area contributed by atoms with E-state index < -0.39 is 6.04 Å². The highest BCUT2D eigenvalue weighted by Gasteiger charge is 2.20. The summed E-state index contributed by atoms with van der Waals surface area (Å²) >= 11 is 0. The summed E-state index contributed by atoms with van der Waals surface area (Å²) < 4.78 is 0. The number of nitrogens with two attached hydrogens (primary N) is 1. The smallest absolute Gasteiger partial charge is 0.244 e. The largest absolute Gasteiger partial charge is 0.370 e. The fourth-order valence-electron chi connectivity index (χ4n) is 4.23. The van der Waals surface area contributed by atoms with Gasteiger partial charge in [0.1, 0.15) is 6.04 Å². The summed E-state index contributed by atoms with van der Waals surface area (Å²) in [5.41, 5.74) is 5.38. The highest BCUT2D eigenvalue weighted by atomic mass is 16.2. The van der Waals surface area contributed by atoms with Gasteiger partial charge >= 0.3 is 0 Å². The Kier molecular flexibility index (Phi) is 24.0. The Morgan fingerprint density at radius 3 is 1.54 bits per heavy atom. The Morgan fingerprint density at radius 1 is 0.657 bits per heavy atom. The van der Waals surface area contributed by atoms with E-state index in [0.717, 1.165) is 32.1 Å². The Bertz CT molecular complexity index is 527. The second-order valence-electron chi connectivity index (χ2n) is 9.97. The molecule has 1 atom stereocenters. The molecule has 35 heavy (non-hydrogen) atoms. The van der Waals surface area contributed by atoms with Gasteiger partial charge in [-0.15, -0.1) is 0 Å². The SMILES string of the molecule is CCCCCCCCCCCCNC(=O)C(CNC(=N)N)NC(=O)CCCCCCCCCCC. The van der Waals surface area contributed by atoms with Crippen molar-refractivity contribution in [2.75, 3.05) is 13.1 Å². The maximum Gasteiger partial charge on any atom is 0.244 e. The topological polar surface area (TPSA) is 120 Å². The fraction of sp³-hybridized carbons (Fsp3) is 0.893. The van der Waals surface area contributed by atoms with E-state index in [0.29, 0.717) is 13.0 Å². The standard InChI is InChI=1S/C28H57N5O2/c1-3-5-7-9-11-13-15-17-19-21-23-31-27(35)25(24-32-28(29)30)33-26(34)22-20-18-16-14-12-10-8-6-4-2/h25H,3-24H2,1-2H3,(H,31,35)(H,33,34)(H4,29,30,32). The normalized spacial score (nSPS) is 11.7. The van der Waals surface area contributed by atoms with Crippen molar-refractivity contribution >= 4 is 17.8 Å². The van der Waals surface area contributed by atoms with Gasteiger partial charge in [0.05, 0.1) is 0 Å². The maximum absolute atomic E-state index is 12.6. The van der Waals surface area contributed by atoms with Gasteiger partial charge in [-0.1, -0.05) is 123 Å². The molecule has 0 radical (unpaired) electrons. The van der Waals surface area contributed by atoms with Gasteiger partial charge in [-0.2, -0.15) is 0 Å². The summed E-state index contributed by atoms with van der Waals surface area (Å²) in [6.07, 6.45) is 23.7. The summed E-state index contributed by atoms with van der Waals surface area (Å²) in [6.45, 7) is 5.21. The van der Waals surface area contributed by atoms with E-state index in [-0.39, 0.29) is 24.3 Å². The first-order valence-corrected chi connectivity index (χ1v) is 14.7. The third-order valence-corrected chi connectivity index (χ3v) is 6.49. The molecule has 7 heteroatoms. The lowest BCUT2D eigenvalue weighted by atomic mass is 10.1. The number of unbranched alkanes of at least 4 members (excludes halogenated alkanes) is 17. The Balaban J connectivity index is 3.99. The summed E-state index contributed by atoms with van der Waals surface area (Å²) in [6, 6.07) is -0.715. The van der Waals surface area contributed by atoms with Crippen LogP contribution < -0.4 is 21.7 Å². The van der Waals surface area contributed by atoms with Crippen LogP contribution in [0.2, 0.25) is 0 Å². The van der Waals surface area contributed by atoms with Crippen LogP contribution in [0.25, 0.3) is 0 Å². The van der Waals surface area contributed by atoms with E-state index in [2.05, 4.69) is 29.8 Å². The molecular formula is C28H57N5O2. The zero-order chi connectivity index (χ0) is 26.0. The molecule has 0 aromatic carbocycles. The lowest BCUT2D eigenvalue weighted by Gasteiger charge is -2.19. The van der Waals surface area contributed by atoms with E-state index in [1.165, 1.54) is 89.9 Å². The molecule has 0 rings (SSSR count). The van der Waals surface area contributed by atoms with Crippen LogP contribution in [0.15, 0.2) is 0 Å². The van der Waals surface area contributed by atoms with Crippen molar-refractivity contribution in [3.05, 3.63) is 0 Å². The van der Waals surface area contributed by atoms with Crippen LogP contribution in [-0.2, 0) is 9.59 Å². The minimum absolute atomic E-state index is 0.114. The van der Waals surface area contributed by atoms with Crippen LogP contribution >= 0.6 is 0 Å². The van der Waals surface area contributed by atoms with Crippen molar-refractivity contribution in [3.63, 3.8) is 0 Å². The van der Waals surface area contributed by atoms with E-state index in [1.54, 1.807) is 0 Å². The monoisotopic (exact) mass is 495 g/mol. The number of carbonyl (C=O) groups excluding carboxylic acids is 2. The average molecular weight is 496 g/mol. The van der Waals surface area contributed by atoms with Gasteiger partial charge in [-0.05, 0) is 12.8 Å². The number of rotatable bonds is 25. The summed E-state index contributed by atoms with van der Waals surface area (Å²) in [4.78, 5) is 25.0. The molecule has 0 aromatic heterocycles. The van der Waals surface area contributed by atoms with Crippen LogP contribution in [0.1, 0.15) is 142 Å². The van der Waals surface area contributed by atoms with Gasteiger partial charge in [0.15, 0.2) is 5.96 Å². The van der Waals surface area contributed by atoms with E-state index >= 15 is 0 Å². The molecule has 0 aliphatic carbocycles. The number of carbonyl (C=O) groups is 2. The molecule has 0 bridgehead atoms. The molecule has 206 valence electrons. The fourth-order valence-corrected chi connectivity index (χ4v) is 4.23. The molecule has 2 amide bonds. The maximum atomic E-state index is 12.6. The highest BCUT2D eigenvalue weighted by Crippen LogP contribution is 2.11. The van der Waals surface area contributed by atoms with Crippen molar-refractivity contribution in [2.45, 2.75) is 148 Å². The Morgan fingerprint density at radius 2 is 1.09 bits per heavy atom. The molecule has 0 heterocycles. The minimum atomic E-state index is -0.715. The van der Waals surface area contributed by atoms with Gasteiger partial charge in [0, 0.05) is 19.5 Å². The Hall–Kier alpha value is -1.79. The number of nitrogens with one attached hydrogen (secondary N) is 4. The van der Waals surface area contributed by atoms with E-state index in [4.69, 9.17) is 11.1 Å². The van der Waals surface area contributed by atoms with Crippen molar-refractivity contribution in [1.82, 2.24) is 16.0 Å². The molecule has 0 spiro atoms. The second kappa shape index (κ2) is 25.3. The van der Waals surface area contributed by atoms with Gasteiger partial charge in [0.2, 0.25) is 11.8 Å². The first-order chi connectivity index (χ1) is 17.0. The first-order valence-electron chi connectivity index (χ1n) is 14.7. The molecule has 7 nitrogen and oxygen atoms in total. The molecule has 0 aliphatic rings. The molecule has 0 saturated heterocycles. The third kappa shape index (κ3) is 23.7. The van der Waals surface area contributed by atoms with Crippen LogP contribution in [0.4, 0.5) is 0 Å². The molecule has 0 fully saturated rings. The molecule has 0 aliphatic heterocycles. The summed E-state index contributed by atoms with van der Waals surface area (Å²) in [7, 11) is 0. The van der Waals surface area contributed by atoms with Crippen LogP contribution in [0, 0.1) is 5.41 Å². The number of amides is 2. The molecule has 0 aromatic rings. The lowest BCUT2D eigenvalue weighted by molar-refractivity contribution is -0.128. The predicted octanol–water partition coefficient (Wildman–Crippen LogP) is 5.91. The van der Waals surface area contributed by atoms with Crippen molar-refractivity contribution in [1.29, 1.82) is 5.41 Å². The minimum Gasteiger partial charge on any atom is -0.370 e. The van der Waals surface area contributed by atoms with Gasteiger partial charge < -0.3 is 21.7 Å². The second-order valence-corrected chi connectivity index (χ2v) is 9.97. The van der Waals surface area contributed by atoms with E-state index in [1.807, 2.05) is 0 Å². The average Bonchev–Trinajstić information content (AvgIpc) is 2.83. The summed E-state index contributed by atoms with van der Waals surface area (Å²) in [5, 5.41) is 15.8. The molecular weight excluding hydrogens is 438 g/mol. The summed E-state index contributed by atoms with van der Waals surface area (Å²) in [5.74, 6) is -0.529. The van der Waals surface area contributed by atoms with Crippen molar-refractivity contribution in [2.24, 2.45) is 5.73 Å². The van der Waals surface area contributed by atoms with Gasteiger partial charge in [-0.25, -0.2) is 0 Å².